The van der Waals surface area contributed by atoms with Crippen molar-refractivity contribution in [3.05, 3.63) is 46.0 Å². The fourth-order valence-corrected chi connectivity index (χ4v) is 3.83. The van der Waals surface area contributed by atoms with Crippen molar-refractivity contribution in [1.29, 1.82) is 0 Å². The number of aliphatic hydroxyl groups is 1. The van der Waals surface area contributed by atoms with Crippen LogP contribution in [0.2, 0.25) is 0 Å². The van der Waals surface area contributed by atoms with Gasteiger partial charge < -0.3 is 10.2 Å². The van der Waals surface area contributed by atoms with Gasteiger partial charge in [0.2, 0.25) is 0 Å². The van der Waals surface area contributed by atoms with Gasteiger partial charge in [0.05, 0.1) is 18.7 Å². The fraction of sp³-hybridized carbons (Fsp3) is 0.286. The molecule has 0 spiro atoms. The highest BCUT2D eigenvalue weighted by atomic mass is 32.2. The topological polar surface area (TPSA) is 70.4 Å². The van der Waals surface area contributed by atoms with Crippen molar-refractivity contribution < 1.29 is 15.0 Å². The summed E-state index contributed by atoms with van der Waals surface area (Å²) in [5, 5.41) is 17.8. The van der Waals surface area contributed by atoms with Gasteiger partial charge in [0.25, 0.3) is 0 Å². The number of hydrogen-bond acceptors (Lipinski definition) is 5. The van der Waals surface area contributed by atoms with Gasteiger partial charge in [-0.1, -0.05) is 36.0 Å². The molecule has 106 valence electrons. The van der Waals surface area contributed by atoms with E-state index in [2.05, 4.69) is 4.98 Å². The second kappa shape index (κ2) is 6.88. The highest BCUT2D eigenvalue weighted by molar-refractivity contribution is 8.00. The third-order valence-electron chi connectivity index (χ3n) is 2.75. The van der Waals surface area contributed by atoms with Gasteiger partial charge in [-0.15, -0.1) is 11.3 Å². The Morgan fingerprint density at radius 3 is 2.55 bits per heavy atom. The number of thiazole rings is 1. The Kier molecular flexibility index (Phi) is 5.17. The zero-order valence-electron chi connectivity index (χ0n) is 11.0. The maximum Gasteiger partial charge on any atom is 0.308 e. The molecule has 6 heteroatoms. The maximum atomic E-state index is 10.7. The Morgan fingerprint density at radius 1 is 1.30 bits per heavy atom. The van der Waals surface area contributed by atoms with Crippen LogP contribution in [0, 0.1) is 6.92 Å². The van der Waals surface area contributed by atoms with Crippen LogP contribution in [0.3, 0.4) is 0 Å². The summed E-state index contributed by atoms with van der Waals surface area (Å²) < 4.78 is 0.894. The smallest absolute Gasteiger partial charge is 0.308 e. The molecule has 0 atom stereocenters. The predicted octanol–water partition coefficient (Wildman–Crippen LogP) is 2.86. The molecule has 2 rings (SSSR count). The van der Waals surface area contributed by atoms with Crippen LogP contribution in [0.1, 0.15) is 21.7 Å². The summed E-state index contributed by atoms with van der Waals surface area (Å²) in [4.78, 5) is 15.9. The van der Waals surface area contributed by atoms with Gasteiger partial charge in [0.1, 0.15) is 0 Å². The number of rotatable bonds is 6. The first-order valence-electron chi connectivity index (χ1n) is 6.08. The van der Waals surface area contributed by atoms with E-state index in [1.165, 1.54) is 11.3 Å². The lowest BCUT2D eigenvalue weighted by atomic mass is 10.2. The van der Waals surface area contributed by atoms with E-state index in [1.807, 2.05) is 31.2 Å². The zero-order valence-corrected chi connectivity index (χ0v) is 12.6. The SMILES string of the molecule is Cc1nc(SCc2ccc(CO)cc2)sc1CC(=O)O. The van der Waals surface area contributed by atoms with E-state index in [0.717, 1.165) is 31.8 Å². The summed E-state index contributed by atoms with van der Waals surface area (Å²) in [7, 11) is 0. The fourth-order valence-electron chi connectivity index (χ4n) is 1.65. The van der Waals surface area contributed by atoms with Crippen molar-refractivity contribution in [3.8, 4) is 0 Å². The lowest BCUT2D eigenvalue weighted by Crippen LogP contribution is -1.99. The standard InChI is InChI=1S/C14H15NO3S2/c1-9-12(6-13(17)18)20-14(15-9)19-8-11-4-2-10(7-16)3-5-11/h2-5,16H,6-8H2,1H3,(H,17,18). The van der Waals surface area contributed by atoms with E-state index < -0.39 is 5.97 Å². The lowest BCUT2D eigenvalue weighted by Gasteiger charge is -2.00. The number of carboxylic acids is 1. The van der Waals surface area contributed by atoms with Gasteiger partial charge in [-0.2, -0.15) is 0 Å². The van der Waals surface area contributed by atoms with Crippen molar-refractivity contribution in [2.75, 3.05) is 0 Å². The Bertz CT molecular complexity index is 593. The van der Waals surface area contributed by atoms with E-state index in [1.54, 1.807) is 11.8 Å². The van der Waals surface area contributed by atoms with Crippen molar-refractivity contribution in [2.24, 2.45) is 0 Å². The van der Waals surface area contributed by atoms with Gasteiger partial charge in [-0.05, 0) is 18.1 Å². The molecule has 1 aromatic heterocycles. The van der Waals surface area contributed by atoms with Crippen LogP contribution in [-0.4, -0.2) is 21.2 Å². The normalized spacial score (nSPS) is 10.7. The van der Waals surface area contributed by atoms with Crippen molar-refractivity contribution in [3.63, 3.8) is 0 Å². The number of aryl methyl sites for hydroxylation is 1. The second-order valence-electron chi connectivity index (χ2n) is 4.32. The number of aliphatic hydroxyl groups excluding tert-OH is 1. The summed E-state index contributed by atoms with van der Waals surface area (Å²) in [6.45, 7) is 1.90. The number of carboxylic acid groups (broad SMARTS) is 1. The van der Waals surface area contributed by atoms with Crippen molar-refractivity contribution >= 4 is 29.1 Å². The van der Waals surface area contributed by atoms with Crippen LogP contribution in [0.15, 0.2) is 28.6 Å². The molecule has 1 heterocycles. The van der Waals surface area contributed by atoms with Crippen molar-refractivity contribution in [2.45, 2.75) is 30.0 Å². The van der Waals surface area contributed by atoms with Crippen molar-refractivity contribution in [1.82, 2.24) is 4.98 Å². The molecule has 0 bridgehead atoms. The molecule has 0 aliphatic rings. The molecule has 4 nitrogen and oxygen atoms in total. The largest absolute Gasteiger partial charge is 0.481 e. The number of thioether (sulfide) groups is 1. The molecule has 0 fully saturated rings. The van der Waals surface area contributed by atoms with Crippen LogP contribution in [0.4, 0.5) is 0 Å². The Labute approximate surface area is 125 Å². The lowest BCUT2D eigenvalue weighted by molar-refractivity contribution is -0.136. The van der Waals surface area contributed by atoms with Gasteiger partial charge in [-0.25, -0.2) is 4.98 Å². The molecular formula is C14H15NO3S2. The van der Waals surface area contributed by atoms with Crippen LogP contribution >= 0.6 is 23.1 Å². The minimum atomic E-state index is -0.826. The zero-order chi connectivity index (χ0) is 14.5. The minimum absolute atomic E-state index is 0.0370. The van der Waals surface area contributed by atoms with E-state index in [9.17, 15) is 4.79 Å². The second-order valence-corrected chi connectivity index (χ2v) is 6.63. The van der Waals surface area contributed by atoms with Crippen LogP contribution in [-0.2, 0) is 23.6 Å². The Morgan fingerprint density at radius 2 is 1.95 bits per heavy atom. The quantitative estimate of drug-likeness (QED) is 0.803. The highest BCUT2D eigenvalue weighted by Crippen LogP contribution is 2.30. The number of aromatic nitrogens is 1. The minimum Gasteiger partial charge on any atom is -0.481 e. The van der Waals surface area contributed by atoms with Gasteiger partial charge in [0.15, 0.2) is 4.34 Å². The number of aliphatic carboxylic acids is 1. The van der Waals surface area contributed by atoms with E-state index in [0.29, 0.717) is 0 Å². The van der Waals surface area contributed by atoms with Crippen LogP contribution < -0.4 is 0 Å². The molecule has 0 saturated heterocycles. The third kappa shape index (κ3) is 4.06. The summed E-state index contributed by atoms with van der Waals surface area (Å²) in [5.41, 5.74) is 2.85. The van der Waals surface area contributed by atoms with E-state index >= 15 is 0 Å². The highest BCUT2D eigenvalue weighted by Gasteiger charge is 2.11. The molecule has 0 aliphatic carbocycles. The predicted molar refractivity (Wildman–Crippen MR) is 80.1 cm³/mol. The molecule has 20 heavy (non-hydrogen) atoms. The molecule has 2 N–H and O–H groups in total. The first-order chi connectivity index (χ1) is 9.58. The number of carbonyl (C=O) groups is 1. The molecule has 2 aromatic rings. The molecule has 0 amide bonds. The summed E-state index contributed by atoms with van der Waals surface area (Å²) in [5.74, 6) is -0.0431. The number of nitrogens with zero attached hydrogens (tertiary/aromatic N) is 1. The van der Waals surface area contributed by atoms with E-state index in [-0.39, 0.29) is 13.0 Å². The van der Waals surface area contributed by atoms with Crippen LogP contribution in [0.5, 0.6) is 0 Å². The first-order valence-corrected chi connectivity index (χ1v) is 7.88. The van der Waals surface area contributed by atoms with Gasteiger partial charge in [-0.3, -0.25) is 4.79 Å². The average molecular weight is 309 g/mol. The Balaban J connectivity index is 1.97. The molecule has 0 saturated carbocycles. The molecule has 0 unspecified atom stereocenters. The van der Waals surface area contributed by atoms with E-state index in [4.69, 9.17) is 10.2 Å². The number of hydrogen-bond donors (Lipinski definition) is 2. The average Bonchev–Trinajstić information content (AvgIpc) is 2.77. The Hall–Kier alpha value is -1.37. The maximum absolute atomic E-state index is 10.7. The van der Waals surface area contributed by atoms with Gasteiger partial charge >= 0.3 is 5.97 Å². The molecule has 0 aliphatic heterocycles. The van der Waals surface area contributed by atoms with Gasteiger partial charge in [0, 0.05) is 10.6 Å². The summed E-state index contributed by atoms with van der Waals surface area (Å²) >= 11 is 3.05. The third-order valence-corrected chi connectivity index (χ3v) is 5.12. The summed E-state index contributed by atoms with van der Waals surface area (Å²) in [6, 6.07) is 7.77. The number of benzene rings is 1. The molecule has 1 aromatic carbocycles. The first kappa shape index (κ1) is 15.0. The monoisotopic (exact) mass is 309 g/mol. The molecular weight excluding hydrogens is 294 g/mol. The van der Waals surface area contributed by atoms with Crippen LogP contribution in [0.25, 0.3) is 0 Å². The molecule has 0 radical (unpaired) electrons. The summed E-state index contributed by atoms with van der Waals surface area (Å²) in [6.07, 6.45) is 0.0370.